The molecule has 0 radical (unpaired) electrons. The molecular weight excluding hydrogens is 348 g/mol. The Morgan fingerprint density at radius 2 is 2.15 bits per heavy atom. The van der Waals surface area contributed by atoms with Gasteiger partial charge in [-0.1, -0.05) is 12.1 Å². The van der Waals surface area contributed by atoms with E-state index in [1.54, 1.807) is 23.4 Å². The van der Waals surface area contributed by atoms with Crippen LogP contribution in [0.3, 0.4) is 0 Å². The third kappa shape index (κ3) is 3.44. The number of rotatable bonds is 4. The first kappa shape index (κ1) is 17.3. The van der Waals surface area contributed by atoms with Gasteiger partial charge in [0.05, 0.1) is 11.9 Å². The molecule has 3 aromatic heterocycles. The first-order valence-corrected chi connectivity index (χ1v) is 9.04. The molecule has 3 aromatic rings. The predicted molar refractivity (Wildman–Crippen MR) is 93.6 cm³/mol. The highest BCUT2D eigenvalue weighted by molar-refractivity contribution is 5.92. The molecule has 140 valence electrons. The van der Waals surface area contributed by atoms with Crippen molar-refractivity contribution >= 4 is 5.91 Å². The van der Waals surface area contributed by atoms with Gasteiger partial charge < -0.3 is 13.8 Å². The molecule has 1 amide bonds. The zero-order valence-corrected chi connectivity index (χ0v) is 15.3. The smallest absolute Gasteiger partial charge is 0.276 e. The van der Waals surface area contributed by atoms with Gasteiger partial charge in [-0.3, -0.25) is 9.78 Å². The lowest BCUT2D eigenvalue weighted by molar-refractivity contribution is 0.0562. The Bertz CT molecular complexity index is 933. The second-order valence-electron chi connectivity index (χ2n) is 6.53. The second kappa shape index (κ2) is 7.26. The average Bonchev–Trinajstić information content (AvgIpc) is 3.38. The summed E-state index contributed by atoms with van der Waals surface area (Å²) in [6, 6.07) is 1.41. The number of hydrogen-bond acceptors (Lipinski definition) is 8. The van der Waals surface area contributed by atoms with Gasteiger partial charge in [-0.25, -0.2) is 4.98 Å². The van der Waals surface area contributed by atoms with Crippen LogP contribution in [-0.4, -0.2) is 42.7 Å². The van der Waals surface area contributed by atoms with Crippen LogP contribution < -0.4 is 0 Å². The van der Waals surface area contributed by atoms with E-state index in [1.807, 2.05) is 13.8 Å². The maximum Gasteiger partial charge on any atom is 0.276 e. The van der Waals surface area contributed by atoms with Crippen molar-refractivity contribution in [3.8, 4) is 11.6 Å². The van der Waals surface area contributed by atoms with E-state index < -0.39 is 0 Å². The van der Waals surface area contributed by atoms with Gasteiger partial charge in [-0.05, 0) is 26.2 Å². The van der Waals surface area contributed by atoms with E-state index in [4.69, 9.17) is 8.94 Å². The van der Waals surface area contributed by atoms with E-state index in [-0.39, 0.29) is 11.9 Å². The Balaban J connectivity index is 1.59. The van der Waals surface area contributed by atoms with Crippen LogP contribution in [-0.2, 0) is 6.42 Å². The third-order valence-corrected chi connectivity index (χ3v) is 4.62. The molecular formula is C18H20N6O3. The standard InChI is InChI=1S/C18H20N6O3/c1-3-12-8-13(23-27-12)18(25)24-7-5-4-6-15(24)17-22-21-16(26-17)14-10-19-11(2)9-20-14/h8-10,15H,3-7H2,1-2H3. The summed E-state index contributed by atoms with van der Waals surface area (Å²) in [6.45, 7) is 4.42. The second-order valence-corrected chi connectivity index (χ2v) is 6.53. The fourth-order valence-corrected chi connectivity index (χ4v) is 3.13. The first-order valence-electron chi connectivity index (χ1n) is 9.04. The molecule has 1 fully saturated rings. The van der Waals surface area contributed by atoms with Gasteiger partial charge in [0.1, 0.15) is 17.5 Å². The van der Waals surface area contributed by atoms with Crippen molar-refractivity contribution in [3.05, 3.63) is 41.5 Å². The van der Waals surface area contributed by atoms with Crippen LogP contribution in [0.1, 0.15) is 60.1 Å². The number of hydrogen-bond donors (Lipinski definition) is 0. The molecule has 27 heavy (non-hydrogen) atoms. The van der Waals surface area contributed by atoms with Gasteiger partial charge in [0.25, 0.3) is 11.8 Å². The molecule has 4 rings (SSSR count). The summed E-state index contributed by atoms with van der Waals surface area (Å²) in [5.41, 5.74) is 1.63. The van der Waals surface area contributed by atoms with Crippen LogP contribution >= 0.6 is 0 Å². The fraction of sp³-hybridized carbons (Fsp3) is 0.444. The Morgan fingerprint density at radius 3 is 2.89 bits per heavy atom. The third-order valence-electron chi connectivity index (χ3n) is 4.62. The van der Waals surface area contributed by atoms with Crippen molar-refractivity contribution in [2.45, 2.75) is 45.6 Å². The molecule has 1 aliphatic rings. The predicted octanol–water partition coefficient (Wildman–Crippen LogP) is 2.75. The van der Waals surface area contributed by atoms with Crippen molar-refractivity contribution in [1.82, 2.24) is 30.2 Å². The summed E-state index contributed by atoms with van der Waals surface area (Å²) >= 11 is 0. The summed E-state index contributed by atoms with van der Waals surface area (Å²) in [5, 5.41) is 12.1. The molecule has 0 aliphatic carbocycles. The summed E-state index contributed by atoms with van der Waals surface area (Å²) in [7, 11) is 0. The van der Waals surface area contributed by atoms with Gasteiger partial charge in [-0.2, -0.15) is 0 Å². The average molecular weight is 368 g/mol. The molecule has 0 spiro atoms. The maximum absolute atomic E-state index is 12.9. The van der Waals surface area contributed by atoms with Crippen molar-refractivity contribution < 1.29 is 13.7 Å². The number of nitrogens with zero attached hydrogens (tertiary/aromatic N) is 6. The summed E-state index contributed by atoms with van der Waals surface area (Å²) in [6.07, 6.45) is 6.59. The molecule has 1 atom stereocenters. The van der Waals surface area contributed by atoms with Gasteiger partial charge in [0, 0.05) is 25.2 Å². The van der Waals surface area contributed by atoms with Gasteiger partial charge in [0.2, 0.25) is 5.89 Å². The number of piperidine rings is 1. The Labute approximate surface area is 155 Å². The van der Waals surface area contributed by atoms with Gasteiger partial charge in [-0.15, -0.1) is 10.2 Å². The SMILES string of the molecule is CCc1cc(C(=O)N2CCCCC2c2nnc(-c3cnc(C)cn3)o2)no1. The van der Waals surface area contributed by atoms with E-state index in [2.05, 4.69) is 25.3 Å². The highest BCUT2D eigenvalue weighted by Gasteiger charge is 2.34. The monoisotopic (exact) mass is 368 g/mol. The molecule has 1 saturated heterocycles. The number of carbonyl (C=O) groups is 1. The van der Waals surface area contributed by atoms with E-state index in [0.29, 0.717) is 41.9 Å². The molecule has 1 aliphatic heterocycles. The van der Waals surface area contributed by atoms with Crippen LogP contribution in [0.2, 0.25) is 0 Å². The molecule has 0 aromatic carbocycles. The Morgan fingerprint density at radius 1 is 1.26 bits per heavy atom. The zero-order valence-electron chi connectivity index (χ0n) is 15.3. The lowest BCUT2D eigenvalue weighted by atomic mass is 10.0. The minimum Gasteiger partial charge on any atom is -0.417 e. The highest BCUT2D eigenvalue weighted by atomic mass is 16.5. The molecule has 1 unspecified atom stereocenters. The quantitative estimate of drug-likeness (QED) is 0.691. The van der Waals surface area contributed by atoms with Crippen LogP contribution in [0, 0.1) is 6.92 Å². The van der Waals surface area contributed by atoms with E-state index >= 15 is 0 Å². The maximum atomic E-state index is 12.9. The first-order chi connectivity index (χ1) is 13.2. The minimum absolute atomic E-state index is 0.182. The summed E-state index contributed by atoms with van der Waals surface area (Å²) in [4.78, 5) is 23.1. The largest absolute Gasteiger partial charge is 0.417 e. The van der Waals surface area contributed by atoms with Crippen LogP contribution in [0.4, 0.5) is 0 Å². The van der Waals surface area contributed by atoms with E-state index in [0.717, 1.165) is 25.0 Å². The van der Waals surface area contributed by atoms with Crippen LogP contribution in [0.25, 0.3) is 11.6 Å². The minimum atomic E-state index is -0.285. The van der Waals surface area contributed by atoms with E-state index in [9.17, 15) is 4.79 Å². The van der Waals surface area contributed by atoms with Crippen molar-refractivity contribution in [3.63, 3.8) is 0 Å². The Hall–Kier alpha value is -3.10. The molecule has 9 heteroatoms. The van der Waals surface area contributed by atoms with Crippen LogP contribution in [0.5, 0.6) is 0 Å². The van der Waals surface area contributed by atoms with Gasteiger partial charge >= 0.3 is 0 Å². The van der Waals surface area contributed by atoms with Crippen molar-refractivity contribution in [2.24, 2.45) is 0 Å². The normalized spacial score (nSPS) is 17.3. The molecule has 4 heterocycles. The number of carbonyl (C=O) groups excluding carboxylic acids is 1. The molecule has 0 bridgehead atoms. The number of aromatic nitrogens is 5. The van der Waals surface area contributed by atoms with Crippen molar-refractivity contribution in [1.29, 1.82) is 0 Å². The van der Waals surface area contributed by atoms with Gasteiger partial charge in [0.15, 0.2) is 5.69 Å². The molecule has 0 saturated carbocycles. The Kier molecular flexibility index (Phi) is 4.66. The zero-order chi connectivity index (χ0) is 18.8. The lowest BCUT2D eigenvalue weighted by Gasteiger charge is -2.32. The topological polar surface area (TPSA) is 111 Å². The molecule has 9 nitrogen and oxygen atoms in total. The van der Waals surface area contributed by atoms with Crippen molar-refractivity contribution in [2.75, 3.05) is 6.54 Å². The highest BCUT2D eigenvalue weighted by Crippen LogP contribution is 2.32. The lowest BCUT2D eigenvalue weighted by Crippen LogP contribution is -2.38. The number of aryl methyl sites for hydroxylation is 2. The molecule has 0 N–H and O–H groups in total. The summed E-state index contributed by atoms with van der Waals surface area (Å²) < 4.78 is 11.0. The van der Waals surface area contributed by atoms with E-state index in [1.165, 1.54) is 0 Å². The van der Waals surface area contributed by atoms with Crippen LogP contribution in [0.15, 0.2) is 27.4 Å². The summed E-state index contributed by atoms with van der Waals surface area (Å²) in [5.74, 6) is 1.20. The fourth-order valence-electron chi connectivity index (χ4n) is 3.13. The number of likely N-dealkylation sites (tertiary alicyclic amines) is 1. The number of amides is 1.